The molecule has 0 aliphatic heterocycles. The Hall–Kier alpha value is -1.36. The highest BCUT2D eigenvalue weighted by atomic mass is 16.5. The monoisotopic (exact) mass is 337 g/mol. The Morgan fingerprint density at radius 2 is 1.62 bits per heavy atom. The fourth-order valence-electron chi connectivity index (χ4n) is 2.84. The van der Waals surface area contributed by atoms with E-state index in [1.807, 2.05) is 0 Å². The van der Waals surface area contributed by atoms with Crippen molar-refractivity contribution in [1.82, 2.24) is 14.9 Å². The zero-order valence-electron chi connectivity index (χ0n) is 15.8. The highest BCUT2D eigenvalue weighted by Gasteiger charge is 2.07. The van der Waals surface area contributed by atoms with E-state index in [0.717, 1.165) is 31.7 Å². The molecule has 1 heterocycles. The van der Waals surface area contributed by atoms with Gasteiger partial charge < -0.3 is 9.64 Å². The van der Waals surface area contributed by atoms with Crippen LogP contribution in [0.1, 0.15) is 70.9 Å². The normalized spacial score (nSPS) is 11.2. The lowest BCUT2D eigenvalue weighted by molar-refractivity contribution is 0.262. The van der Waals surface area contributed by atoms with Gasteiger partial charge in [-0.05, 0) is 25.9 Å². The van der Waals surface area contributed by atoms with Gasteiger partial charge in [-0.1, -0.05) is 52.4 Å². The van der Waals surface area contributed by atoms with Gasteiger partial charge in [0.1, 0.15) is 0 Å². The maximum absolute atomic E-state index is 11.6. The van der Waals surface area contributed by atoms with Gasteiger partial charge in [0.25, 0.3) is 11.6 Å². The minimum absolute atomic E-state index is 0.144. The molecule has 5 heteroatoms. The first-order valence-electron chi connectivity index (χ1n) is 9.56. The zero-order chi connectivity index (χ0) is 17.6. The topological polar surface area (TPSA) is 58.2 Å². The van der Waals surface area contributed by atoms with Crippen LogP contribution in [0.15, 0.2) is 10.9 Å². The molecule has 0 aliphatic carbocycles. The van der Waals surface area contributed by atoms with Gasteiger partial charge in [-0.2, -0.15) is 0 Å². The van der Waals surface area contributed by atoms with Crippen LogP contribution in [0.5, 0.6) is 6.01 Å². The molecule has 1 aromatic rings. The van der Waals surface area contributed by atoms with Crippen molar-refractivity contribution in [3.05, 3.63) is 22.1 Å². The SMILES string of the molecule is CCCCCCN(CCCCCC)CCc1cc(=O)[nH]c(OC)n1. The second-order valence-corrected chi connectivity index (χ2v) is 6.46. The predicted octanol–water partition coefficient (Wildman–Crippen LogP) is 3.78. The summed E-state index contributed by atoms with van der Waals surface area (Å²) in [6.45, 7) is 7.74. The van der Waals surface area contributed by atoms with Crippen LogP contribution >= 0.6 is 0 Å². The summed E-state index contributed by atoms with van der Waals surface area (Å²) in [6, 6.07) is 1.88. The average Bonchev–Trinajstić information content (AvgIpc) is 2.58. The number of hydrogen-bond donors (Lipinski definition) is 1. The van der Waals surface area contributed by atoms with E-state index in [0.29, 0.717) is 6.01 Å². The Bertz CT molecular complexity index is 476. The van der Waals surface area contributed by atoms with Crippen molar-refractivity contribution in [2.24, 2.45) is 0 Å². The minimum Gasteiger partial charge on any atom is -0.468 e. The first-order chi connectivity index (χ1) is 11.7. The molecule has 5 nitrogen and oxygen atoms in total. The lowest BCUT2D eigenvalue weighted by Crippen LogP contribution is -2.29. The van der Waals surface area contributed by atoms with Gasteiger partial charge in [-0.25, -0.2) is 4.98 Å². The summed E-state index contributed by atoms with van der Waals surface area (Å²) in [5.74, 6) is 0. The van der Waals surface area contributed by atoms with Crippen LogP contribution in [-0.2, 0) is 6.42 Å². The summed E-state index contributed by atoms with van der Waals surface area (Å²) >= 11 is 0. The number of aromatic amines is 1. The summed E-state index contributed by atoms with van der Waals surface area (Å²) < 4.78 is 5.05. The second-order valence-electron chi connectivity index (χ2n) is 6.46. The molecular formula is C19H35N3O2. The second kappa shape index (κ2) is 13.0. The van der Waals surface area contributed by atoms with Crippen molar-refractivity contribution in [3.63, 3.8) is 0 Å². The first-order valence-corrected chi connectivity index (χ1v) is 9.56. The molecule has 0 aliphatic rings. The van der Waals surface area contributed by atoms with E-state index in [1.54, 1.807) is 6.07 Å². The first kappa shape index (κ1) is 20.7. The molecule has 0 fully saturated rings. The Morgan fingerprint density at radius 1 is 1.00 bits per heavy atom. The van der Waals surface area contributed by atoms with Crippen LogP contribution in [0.2, 0.25) is 0 Å². The Morgan fingerprint density at radius 3 is 2.17 bits per heavy atom. The number of unbranched alkanes of at least 4 members (excludes halogenated alkanes) is 6. The molecule has 24 heavy (non-hydrogen) atoms. The number of hydrogen-bond acceptors (Lipinski definition) is 4. The lowest BCUT2D eigenvalue weighted by Gasteiger charge is -2.22. The number of H-pyrrole nitrogens is 1. The van der Waals surface area contributed by atoms with Crippen LogP contribution in [0.4, 0.5) is 0 Å². The largest absolute Gasteiger partial charge is 0.468 e. The van der Waals surface area contributed by atoms with E-state index in [2.05, 4.69) is 28.7 Å². The van der Waals surface area contributed by atoms with Crippen molar-refractivity contribution in [3.8, 4) is 6.01 Å². The molecule has 0 aromatic carbocycles. The van der Waals surface area contributed by atoms with Crippen molar-refractivity contribution in [2.45, 2.75) is 71.6 Å². The fraction of sp³-hybridized carbons (Fsp3) is 0.789. The maximum Gasteiger partial charge on any atom is 0.296 e. The molecule has 0 spiro atoms. The molecule has 0 bridgehead atoms. The summed E-state index contributed by atoms with van der Waals surface area (Å²) in [6.07, 6.45) is 11.1. The van der Waals surface area contributed by atoms with Gasteiger partial charge in [0.15, 0.2) is 0 Å². The van der Waals surface area contributed by atoms with E-state index in [4.69, 9.17) is 4.74 Å². The minimum atomic E-state index is -0.144. The van der Waals surface area contributed by atoms with Gasteiger partial charge in [0.05, 0.1) is 12.8 Å². The standard InChI is InChI=1S/C19H35N3O2/c1-4-6-8-10-13-22(14-11-9-7-5-2)15-12-17-16-18(23)21-19(20-17)24-3/h16H,4-15H2,1-3H3,(H,20,21,23). The third-order valence-electron chi connectivity index (χ3n) is 4.31. The Balaban J connectivity index is 2.49. The molecule has 0 radical (unpaired) electrons. The third-order valence-corrected chi connectivity index (χ3v) is 4.31. The van der Waals surface area contributed by atoms with E-state index in [1.165, 1.54) is 58.5 Å². The number of aromatic nitrogens is 2. The summed E-state index contributed by atoms with van der Waals surface area (Å²) in [5.41, 5.74) is 0.664. The summed E-state index contributed by atoms with van der Waals surface area (Å²) in [4.78, 5) is 21.1. The smallest absolute Gasteiger partial charge is 0.296 e. The molecule has 1 N–H and O–H groups in total. The Labute approximate surface area is 146 Å². The van der Waals surface area contributed by atoms with Crippen LogP contribution in [-0.4, -0.2) is 41.6 Å². The van der Waals surface area contributed by atoms with Crippen LogP contribution in [0, 0.1) is 0 Å². The molecule has 0 amide bonds. The van der Waals surface area contributed by atoms with E-state index in [-0.39, 0.29) is 5.56 Å². The number of ether oxygens (including phenoxy) is 1. The van der Waals surface area contributed by atoms with Crippen molar-refractivity contribution in [1.29, 1.82) is 0 Å². The highest BCUT2D eigenvalue weighted by Crippen LogP contribution is 2.07. The quantitative estimate of drug-likeness (QED) is 0.525. The van der Waals surface area contributed by atoms with Gasteiger partial charge >= 0.3 is 0 Å². The Kier molecular flexibility index (Phi) is 11.2. The molecule has 1 rings (SSSR count). The van der Waals surface area contributed by atoms with Gasteiger partial charge in [-0.3, -0.25) is 9.78 Å². The summed E-state index contributed by atoms with van der Waals surface area (Å²) in [7, 11) is 1.52. The number of nitrogens with one attached hydrogen (secondary N) is 1. The molecule has 138 valence electrons. The van der Waals surface area contributed by atoms with Gasteiger partial charge in [0, 0.05) is 19.0 Å². The van der Waals surface area contributed by atoms with E-state index >= 15 is 0 Å². The molecule has 0 saturated heterocycles. The average molecular weight is 338 g/mol. The van der Waals surface area contributed by atoms with Gasteiger partial charge in [-0.15, -0.1) is 0 Å². The van der Waals surface area contributed by atoms with E-state index < -0.39 is 0 Å². The van der Waals surface area contributed by atoms with Crippen molar-refractivity contribution < 1.29 is 4.74 Å². The molecule has 1 aromatic heterocycles. The lowest BCUT2D eigenvalue weighted by atomic mass is 10.1. The molecule has 0 unspecified atom stereocenters. The maximum atomic E-state index is 11.6. The van der Waals surface area contributed by atoms with Gasteiger partial charge in [0.2, 0.25) is 0 Å². The fourth-order valence-corrected chi connectivity index (χ4v) is 2.84. The van der Waals surface area contributed by atoms with E-state index in [9.17, 15) is 4.79 Å². The van der Waals surface area contributed by atoms with Crippen LogP contribution in [0.3, 0.4) is 0 Å². The number of nitrogens with zero attached hydrogens (tertiary/aromatic N) is 2. The molecular weight excluding hydrogens is 302 g/mol. The molecule has 0 saturated carbocycles. The number of methoxy groups -OCH3 is 1. The summed E-state index contributed by atoms with van der Waals surface area (Å²) in [5, 5.41) is 0. The van der Waals surface area contributed by atoms with Crippen molar-refractivity contribution >= 4 is 0 Å². The zero-order valence-corrected chi connectivity index (χ0v) is 15.8. The van der Waals surface area contributed by atoms with Crippen LogP contribution < -0.4 is 10.3 Å². The third kappa shape index (κ3) is 9.06. The predicted molar refractivity (Wildman–Crippen MR) is 99.8 cm³/mol. The number of rotatable bonds is 14. The van der Waals surface area contributed by atoms with Crippen molar-refractivity contribution in [2.75, 3.05) is 26.7 Å². The molecule has 0 atom stereocenters. The highest BCUT2D eigenvalue weighted by molar-refractivity contribution is 5.06. The van der Waals surface area contributed by atoms with Crippen LogP contribution in [0.25, 0.3) is 0 Å².